The summed E-state index contributed by atoms with van der Waals surface area (Å²) in [7, 11) is 1.46. The molecule has 0 saturated heterocycles. The Labute approximate surface area is 145 Å². The Kier molecular flexibility index (Phi) is 4.20. The van der Waals surface area contributed by atoms with Crippen LogP contribution in [-0.4, -0.2) is 34.8 Å². The summed E-state index contributed by atoms with van der Waals surface area (Å²) in [5, 5.41) is 30.0. The number of carbonyl (C=O) groups is 1. The van der Waals surface area contributed by atoms with Crippen LogP contribution >= 0.6 is 0 Å². The molecule has 3 rings (SSSR count). The van der Waals surface area contributed by atoms with E-state index >= 15 is 0 Å². The fourth-order valence-corrected chi connectivity index (χ4v) is 3.14. The predicted octanol–water partition coefficient (Wildman–Crippen LogP) is 2.86. The number of phenolic OH excluding ortho intramolecular Hbond substituents is 3. The topological polar surface area (TPSA) is 96.2 Å². The Morgan fingerprint density at radius 3 is 2.56 bits per heavy atom. The van der Waals surface area contributed by atoms with Crippen molar-refractivity contribution in [2.45, 2.75) is 20.3 Å². The molecule has 132 valence electrons. The van der Waals surface area contributed by atoms with E-state index in [-0.39, 0.29) is 46.5 Å². The van der Waals surface area contributed by atoms with Crippen LogP contribution in [0.15, 0.2) is 18.2 Å². The SMILES string of the molecule is COc1cc(C[C@H]2COc3c(C)c(O)c(C)c(O)c3C2=O)ccc1O. The first kappa shape index (κ1) is 17.0. The van der Waals surface area contributed by atoms with Gasteiger partial charge in [-0.25, -0.2) is 0 Å². The van der Waals surface area contributed by atoms with E-state index in [1.807, 2.05) is 0 Å². The fraction of sp³-hybridized carbons (Fsp3) is 0.316. The fourth-order valence-electron chi connectivity index (χ4n) is 3.14. The van der Waals surface area contributed by atoms with E-state index < -0.39 is 5.92 Å². The van der Waals surface area contributed by atoms with Crippen LogP contribution in [0.25, 0.3) is 0 Å². The van der Waals surface area contributed by atoms with E-state index in [2.05, 4.69) is 0 Å². The van der Waals surface area contributed by atoms with Crippen LogP contribution in [0.2, 0.25) is 0 Å². The standard InChI is InChI=1S/C19H20O6/c1-9-16(21)10(2)19-15(17(9)22)18(23)12(8-25-19)6-11-4-5-13(20)14(7-11)24-3/h4-5,7,12,20-22H,6,8H2,1-3H3/t12-/m0/s1. The summed E-state index contributed by atoms with van der Waals surface area (Å²) in [5.41, 5.74) is 1.64. The summed E-state index contributed by atoms with van der Waals surface area (Å²) in [6.07, 6.45) is 0.382. The Morgan fingerprint density at radius 1 is 1.16 bits per heavy atom. The van der Waals surface area contributed by atoms with Gasteiger partial charge in [-0.2, -0.15) is 0 Å². The van der Waals surface area contributed by atoms with Crippen molar-refractivity contribution in [1.82, 2.24) is 0 Å². The van der Waals surface area contributed by atoms with Crippen molar-refractivity contribution in [1.29, 1.82) is 0 Å². The first-order chi connectivity index (χ1) is 11.8. The number of phenols is 3. The molecule has 0 saturated carbocycles. The molecule has 0 radical (unpaired) electrons. The second-order valence-corrected chi connectivity index (χ2v) is 6.23. The molecular formula is C19H20O6. The molecule has 2 aromatic carbocycles. The molecule has 0 spiro atoms. The van der Waals surface area contributed by atoms with E-state index in [4.69, 9.17) is 9.47 Å². The van der Waals surface area contributed by atoms with Crippen LogP contribution in [0, 0.1) is 19.8 Å². The Hall–Kier alpha value is -2.89. The van der Waals surface area contributed by atoms with Crippen molar-refractivity contribution < 1.29 is 29.6 Å². The van der Waals surface area contributed by atoms with Crippen LogP contribution in [0.5, 0.6) is 28.7 Å². The minimum absolute atomic E-state index is 0.0298. The highest BCUT2D eigenvalue weighted by Gasteiger charge is 2.35. The number of ether oxygens (including phenoxy) is 2. The quantitative estimate of drug-likeness (QED) is 0.792. The third-order valence-electron chi connectivity index (χ3n) is 4.64. The molecule has 6 heteroatoms. The van der Waals surface area contributed by atoms with Gasteiger partial charge in [0.05, 0.1) is 19.6 Å². The Bertz CT molecular complexity index is 856. The highest BCUT2D eigenvalue weighted by molar-refractivity contribution is 6.05. The van der Waals surface area contributed by atoms with Gasteiger partial charge in [0, 0.05) is 11.1 Å². The van der Waals surface area contributed by atoms with Gasteiger partial charge in [0.15, 0.2) is 17.3 Å². The lowest BCUT2D eigenvalue weighted by Gasteiger charge is -2.27. The smallest absolute Gasteiger partial charge is 0.177 e. The van der Waals surface area contributed by atoms with E-state index in [0.29, 0.717) is 17.7 Å². The number of hydrogen-bond donors (Lipinski definition) is 3. The number of fused-ring (bicyclic) bond motifs is 1. The molecule has 2 aromatic rings. The molecule has 0 fully saturated rings. The lowest BCUT2D eigenvalue weighted by atomic mass is 9.87. The largest absolute Gasteiger partial charge is 0.507 e. The second kappa shape index (κ2) is 6.20. The maximum atomic E-state index is 12.9. The van der Waals surface area contributed by atoms with E-state index in [1.165, 1.54) is 13.2 Å². The zero-order valence-corrected chi connectivity index (χ0v) is 14.3. The van der Waals surface area contributed by atoms with Crippen molar-refractivity contribution >= 4 is 5.78 Å². The summed E-state index contributed by atoms with van der Waals surface area (Å²) in [6, 6.07) is 4.90. The van der Waals surface area contributed by atoms with Crippen LogP contribution in [0.1, 0.15) is 27.0 Å². The molecule has 1 atom stereocenters. The third-order valence-corrected chi connectivity index (χ3v) is 4.64. The molecule has 1 heterocycles. The van der Waals surface area contributed by atoms with Gasteiger partial charge in [-0.05, 0) is 38.0 Å². The summed E-state index contributed by atoms with van der Waals surface area (Å²) in [4.78, 5) is 12.9. The molecule has 3 N–H and O–H groups in total. The summed E-state index contributed by atoms with van der Waals surface area (Å²) < 4.78 is 10.8. The highest BCUT2D eigenvalue weighted by atomic mass is 16.5. The van der Waals surface area contributed by atoms with E-state index in [9.17, 15) is 20.1 Å². The third kappa shape index (κ3) is 2.73. The number of methoxy groups -OCH3 is 1. The maximum absolute atomic E-state index is 12.9. The van der Waals surface area contributed by atoms with Gasteiger partial charge in [-0.1, -0.05) is 6.07 Å². The molecule has 6 nitrogen and oxygen atoms in total. The van der Waals surface area contributed by atoms with Gasteiger partial charge < -0.3 is 24.8 Å². The average molecular weight is 344 g/mol. The zero-order valence-electron chi connectivity index (χ0n) is 14.3. The number of carbonyl (C=O) groups excluding carboxylic acids is 1. The van der Waals surface area contributed by atoms with Crippen LogP contribution in [-0.2, 0) is 6.42 Å². The van der Waals surface area contributed by atoms with Crippen molar-refractivity contribution in [2.24, 2.45) is 5.92 Å². The molecule has 0 unspecified atom stereocenters. The second-order valence-electron chi connectivity index (χ2n) is 6.23. The minimum atomic E-state index is -0.476. The van der Waals surface area contributed by atoms with Crippen LogP contribution in [0.3, 0.4) is 0 Å². The molecule has 1 aliphatic heterocycles. The predicted molar refractivity (Wildman–Crippen MR) is 90.9 cm³/mol. The summed E-state index contributed by atoms with van der Waals surface area (Å²) in [5.74, 6) is -0.399. The van der Waals surface area contributed by atoms with Crippen LogP contribution in [0.4, 0.5) is 0 Å². The number of aromatic hydroxyl groups is 3. The zero-order chi connectivity index (χ0) is 18.3. The number of rotatable bonds is 3. The highest BCUT2D eigenvalue weighted by Crippen LogP contribution is 2.45. The first-order valence-electron chi connectivity index (χ1n) is 7.93. The Balaban J connectivity index is 1.95. The van der Waals surface area contributed by atoms with Crippen molar-refractivity contribution in [2.75, 3.05) is 13.7 Å². The summed E-state index contributed by atoms with van der Waals surface area (Å²) >= 11 is 0. The monoisotopic (exact) mass is 344 g/mol. The van der Waals surface area contributed by atoms with Crippen LogP contribution < -0.4 is 9.47 Å². The van der Waals surface area contributed by atoms with Gasteiger partial charge in [0.25, 0.3) is 0 Å². The van der Waals surface area contributed by atoms with E-state index in [0.717, 1.165) is 5.56 Å². The maximum Gasteiger partial charge on any atom is 0.177 e. The molecule has 0 amide bonds. The first-order valence-corrected chi connectivity index (χ1v) is 7.93. The van der Waals surface area contributed by atoms with Gasteiger partial charge in [-0.15, -0.1) is 0 Å². The minimum Gasteiger partial charge on any atom is -0.507 e. The van der Waals surface area contributed by atoms with Gasteiger partial charge >= 0.3 is 0 Å². The molecule has 0 bridgehead atoms. The number of ketones is 1. The van der Waals surface area contributed by atoms with Gasteiger partial charge in [0.2, 0.25) is 0 Å². The number of Topliss-reactive ketones (excluding diaryl/α,β-unsaturated/α-hetero) is 1. The van der Waals surface area contributed by atoms with Gasteiger partial charge in [-0.3, -0.25) is 4.79 Å². The van der Waals surface area contributed by atoms with Crippen molar-refractivity contribution in [3.05, 3.63) is 40.5 Å². The van der Waals surface area contributed by atoms with E-state index in [1.54, 1.807) is 26.0 Å². The lowest BCUT2D eigenvalue weighted by molar-refractivity contribution is 0.0824. The molecule has 1 aliphatic rings. The van der Waals surface area contributed by atoms with Gasteiger partial charge in [0.1, 0.15) is 22.8 Å². The summed E-state index contributed by atoms with van der Waals surface area (Å²) in [6.45, 7) is 3.36. The molecule has 25 heavy (non-hydrogen) atoms. The Morgan fingerprint density at radius 2 is 1.88 bits per heavy atom. The molecule has 0 aromatic heterocycles. The average Bonchev–Trinajstić information content (AvgIpc) is 2.61. The molecule has 0 aliphatic carbocycles. The van der Waals surface area contributed by atoms with Crippen molar-refractivity contribution in [3.8, 4) is 28.7 Å². The lowest BCUT2D eigenvalue weighted by Crippen LogP contribution is -2.30. The normalized spacial score (nSPS) is 16.3. The molecular weight excluding hydrogens is 324 g/mol. The van der Waals surface area contributed by atoms with Crippen molar-refractivity contribution in [3.63, 3.8) is 0 Å². The number of hydrogen-bond acceptors (Lipinski definition) is 6. The number of benzene rings is 2.